The second-order valence-electron chi connectivity index (χ2n) is 5.70. The van der Waals surface area contributed by atoms with Crippen molar-refractivity contribution in [2.24, 2.45) is 5.73 Å². The van der Waals surface area contributed by atoms with Crippen LogP contribution in [0.2, 0.25) is 0 Å². The van der Waals surface area contributed by atoms with Gasteiger partial charge in [0.2, 0.25) is 5.91 Å². The third kappa shape index (κ3) is 6.60. The van der Waals surface area contributed by atoms with Gasteiger partial charge in [0.15, 0.2) is 0 Å². The van der Waals surface area contributed by atoms with Gasteiger partial charge in [-0.2, -0.15) is 0 Å². The molecule has 0 spiro atoms. The number of amides is 3. The fourth-order valence-electron chi connectivity index (χ4n) is 2.07. The lowest BCUT2D eigenvalue weighted by Crippen LogP contribution is -2.46. The molecule has 9 heteroatoms. The van der Waals surface area contributed by atoms with E-state index in [0.717, 1.165) is 0 Å². The molecule has 0 saturated carbocycles. The molecule has 3 amide bonds. The number of nitrogens with one attached hydrogen (secondary N) is 2. The molecule has 1 atom stereocenters. The van der Waals surface area contributed by atoms with Gasteiger partial charge < -0.3 is 30.6 Å². The van der Waals surface area contributed by atoms with E-state index in [-0.39, 0.29) is 30.4 Å². The number of primary amides is 1. The van der Waals surface area contributed by atoms with Crippen LogP contribution in [0.5, 0.6) is 5.75 Å². The highest BCUT2D eigenvalue weighted by Gasteiger charge is 2.19. The molecule has 0 aliphatic rings. The van der Waals surface area contributed by atoms with Crippen molar-refractivity contribution in [3.05, 3.63) is 23.8 Å². The molecule has 1 aromatic carbocycles. The van der Waals surface area contributed by atoms with E-state index in [4.69, 9.17) is 15.2 Å². The van der Waals surface area contributed by atoms with Crippen LogP contribution in [0.15, 0.2) is 18.2 Å². The van der Waals surface area contributed by atoms with Crippen LogP contribution >= 0.6 is 0 Å². The monoisotopic (exact) mass is 367 g/mol. The number of carbonyl (C=O) groups is 3. The van der Waals surface area contributed by atoms with Crippen molar-refractivity contribution in [1.29, 1.82) is 0 Å². The number of hydrogen-bond donors (Lipinski definition) is 3. The Morgan fingerprint density at radius 2 is 1.88 bits per heavy atom. The van der Waals surface area contributed by atoms with Crippen molar-refractivity contribution < 1.29 is 28.6 Å². The van der Waals surface area contributed by atoms with Crippen LogP contribution in [0.1, 0.15) is 30.6 Å². The number of rotatable bonds is 9. The highest BCUT2D eigenvalue weighted by molar-refractivity contribution is 5.97. The summed E-state index contributed by atoms with van der Waals surface area (Å²) < 4.78 is 15.2. The Kier molecular flexibility index (Phi) is 8.36. The average molecular weight is 367 g/mol. The van der Waals surface area contributed by atoms with E-state index in [2.05, 4.69) is 15.4 Å². The summed E-state index contributed by atoms with van der Waals surface area (Å²) in [5.41, 5.74) is 5.77. The van der Waals surface area contributed by atoms with Crippen molar-refractivity contribution >= 4 is 23.6 Å². The van der Waals surface area contributed by atoms with Gasteiger partial charge in [-0.15, -0.1) is 0 Å². The van der Waals surface area contributed by atoms with Crippen LogP contribution in [0.25, 0.3) is 0 Å². The minimum Gasteiger partial charge on any atom is -0.489 e. The number of nitrogens with two attached hydrogens (primary N) is 1. The lowest BCUT2D eigenvalue weighted by Gasteiger charge is -2.18. The number of anilines is 1. The van der Waals surface area contributed by atoms with Gasteiger partial charge in [0.05, 0.1) is 24.5 Å². The van der Waals surface area contributed by atoms with Gasteiger partial charge in [-0.05, 0) is 38.5 Å². The minimum absolute atomic E-state index is 0.150. The van der Waals surface area contributed by atoms with Crippen LogP contribution in [0.3, 0.4) is 0 Å². The van der Waals surface area contributed by atoms with Gasteiger partial charge in [-0.1, -0.05) is 0 Å². The Balaban J connectivity index is 2.97. The molecule has 1 rings (SSSR count). The highest BCUT2D eigenvalue weighted by Crippen LogP contribution is 2.27. The Hall–Kier alpha value is -2.81. The summed E-state index contributed by atoms with van der Waals surface area (Å²) in [6.45, 7) is 3.91. The van der Waals surface area contributed by atoms with E-state index in [1.165, 1.54) is 26.4 Å². The molecular formula is C17H25N3O6. The maximum Gasteiger partial charge on any atom is 0.337 e. The smallest absolute Gasteiger partial charge is 0.337 e. The Labute approximate surface area is 152 Å². The van der Waals surface area contributed by atoms with Crippen LogP contribution in [-0.4, -0.2) is 50.9 Å². The van der Waals surface area contributed by atoms with Gasteiger partial charge in [0, 0.05) is 13.7 Å². The molecule has 4 N–H and O–H groups in total. The van der Waals surface area contributed by atoms with Gasteiger partial charge in [0.1, 0.15) is 11.8 Å². The summed E-state index contributed by atoms with van der Waals surface area (Å²) in [6, 6.07) is 2.95. The molecule has 26 heavy (non-hydrogen) atoms. The maximum absolute atomic E-state index is 12.2. The van der Waals surface area contributed by atoms with Crippen LogP contribution in [-0.2, 0) is 14.3 Å². The van der Waals surface area contributed by atoms with E-state index in [1.807, 2.05) is 13.8 Å². The van der Waals surface area contributed by atoms with E-state index in [9.17, 15) is 14.4 Å². The Morgan fingerprint density at radius 1 is 1.19 bits per heavy atom. The summed E-state index contributed by atoms with van der Waals surface area (Å²) >= 11 is 0. The number of hydrogen-bond acceptors (Lipinski definition) is 6. The first-order chi connectivity index (χ1) is 12.3. The van der Waals surface area contributed by atoms with E-state index >= 15 is 0 Å². The van der Waals surface area contributed by atoms with Crippen LogP contribution in [0.4, 0.5) is 10.5 Å². The number of carbonyl (C=O) groups excluding carboxylic acids is 3. The standard InChI is InChI=1S/C17H25N3O6/c1-10(2)26-14-6-5-11(16(22)25-4)9-13(14)20-17(23)19-12(15(18)21)7-8-24-3/h5-6,9-10,12H,7-8H2,1-4H3,(H2,18,21)(H2,19,20,23). The molecule has 0 radical (unpaired) electrons. The molecule has 0 heterocycles. The molecule has 9 nitrogen and oxygen atoms in total. The van der Waals surface area contributed by atoms with Crippen LogP contribution in [0, 0.1) is 0 Å². The summed E-state index contributed by atoms with van der Waals surface area (Å²) in [6.07, 6.45) is 0.0826. The lowest BCUT2D eigenvalue weighted by molar-refractivity contribution is -0.120. The Morgan fingerprint density at radius 3 is 2.42 bits per heavy atom. The highest BCUT2D eigenvalue weighted by atomic mass is 16.5. The van der Waals surface area contributed by atoms with Gasteiger partial charge >= 0.3 is 12.0 Å². The fraction of sp³-hybridized carbons (Fsp3) is 0.471. The van der Waals surface area contributed by atoms with Crippen LogP contribution < -0.4 is 21.1 Å². The molecule has 1 unspecified atom stereocenters. The van der Waals surface area contributed by atoms with Gasteiger partial charge in [-0.3, -0.25) is 4.79 Å². The normalized spacial score (nSPS) is 11.6. The first-order valence-corrected chi connectivity index (χ1v) is 8.03. The molecular weight excluding hydrogens is 342 g/mol. The molecule has 0 aromatic heterocycles. The Bertz CT molecular complexity index is 647. The van der Waals surface area contributed by atoms with Gasteiger partial charge in [-0.25, -0.2) is 9.59 Å². The number of esters is 1. The van der Waals surface area contributed by atoms with Gasteiger partial charge in [0.25, 0.3) is 0 Å². The second kappa shape index (κ2) is 10.2. The number of benzene rings is 1. The lowest BCUT2D eigenvalue weighted by atomic mass is 10.2. The largest absolute Gasteiger partial charge is 0.489 e. The van der Waals surface area contributed by atoms with Crippen molar-refractivity contribution in [2.45, 2.75) is 32.4 Å². The zero-order valence-corrected chi connectivity index (χ0v) is 15.3. The first kappa shape index (κ1) is 21.2. The predicted molar refractivity (Wildman–Crippen MR) is 95.2 cm³/mol. The summed E-state index contributed by atoms with van der Waals surface area (Å²) in [5, 5.41) is 5.03. The number of urea groups is 1. The third-order valence-electron chi connectivity index (χ3n) is 3.27. The zero-order chi connectivity index (χ0) is 19.7. The quantitative estimate of drug-likeness (QED) is 0.564. The van der Waals surface area contributed by atoms with Crippen molar-refractivity contribution in [2.75, 3.05) is 26.1 Å². The SMILES string of the molecule is COCCC(NC(=O)Nc1cc(C(=O)OC)ccc1OC(C)C)C(N)=O. The van der Waals surface area contributed by atoms with Crippen molar-refractivity contribution in [3.63, 3.8) is 0 Å². The summed E-state index contributed by atoms with van der Waals surface area (Å²) in [5.74, 6) is -0.867. The maximum atomic E-state index is 12.2. The molecule has 0 aliphatic carbocycles. The molecule has 0 fully saturated rings. The number of methoxy groups -OCH3 is 2. The molecule has 0 bridgehead atoms. The predicted octanol–water partition coefficient (Wildman–Crippen LogP) is 1.27. The third-order valence-corrected chi connectivity index (χ3v) is 3.27. The molecule has 0 aliphatic heterocycles. The minimum atomic E-state index is -0.895. The average Bonchev–Trinajstić information content (AvgIpc) is 2.58. The summed E-state index contributed by atoms with van der Waals surface area (Å²) in [4.78, 5) is 35.4. The molecule has 144 valence electrons. The fourth-order valence-corrected chi connectivity index (χ4v) is 2.07. The number of ether oxygens (including phenoxy) is 3. The second-order valence-corrected chi connectivity index (χ2v) is 5.70. The van der Waals surface area contributed by atoms with E-state index in [1.54, 1.807) is 6.07 Å². The summed E-state index contributed by atoms with van der Waals surface area (Å²) in [7, 11) is 2.74. The molecule has 0 saturated heterocycles. The van der Waals surface area contributed by atoms with Crippen molar-refractivity contribution in [1.82, 2.24) is 5.32 Å². The van der Waals surface area contributed by atoms with E-state index in [0.29, 0.717) is 5.75 Å². The zero-order valence-electron chi connectivity index (χ0n) is 15.3. The topological polar surface area (TPSA) is 129 Å². The van der Waals surface area contributed by atoms with Crippen molar-refractivity contribution in [3.8, 4) is 5.75 Å². The molecule has 1 aromatic rings. The van der Waals surface area contributed by atoms with E-state index < -0.39 is 23.9 Å². The first-order valence-electron chi connectivity index (χ1n) is 8.03.